The molecule has 2 aromatic heterocycles. The molecule has 1 N–H and O–H groups in total. The number of nitrogens with zero attached hydrogens (tertiary/aromatic N) is 6. The fourth-order valence-electron chi connectivity index (χ4n) is 4.58. The molecule has 1 aliphatic rings. The topological polar surface area (TPSA) is 101 Å². The van der Waals surface area contributed by atoms with Crippen LogP contribution in [0.5, 0.6) is 0 Å². The molecule has 5 rings (SSSR count). The Hall–Kier alpha value is -3.90. The molecule has 0 saturated carbocycles. The standard InChI is InChI=1S/C26H25N7OS/c1-17-9-8-14-22(18(17)2)33-26(29-30-31-33)35-16-24(34)28-25-21(15-27)20-12-6-7-13-23(20)32(25)19-10-4-3-5-11-19/h3-5,8-11,14H,6-7,12-13,16H2,1-2H3,(H,28,34). The van der Waals surface area contributed by atoms with Gasteiger partial charge in [0.25, 0.3) is 0 Å². The van der Waals surface area contributed by atoms with Gasteiger partial charge in [-0.15, -0.1) is 5.10 Å². The number of anilines is 1. The normalized spacial score (nSPS) is 12.7. The maximum atomic E-state index is 13.1. The maximum absolute atomic E-state index is 13.1. The number of tetrazole rings is 1. The third-order valence-electron chi connectivity index (χ3n) is 6.43. The number of para-hydroxylation sites is 1. The fraction of sp³-hybridized carbons (Fsp3) is 0.269. The number of carbonyl (C=O) groups is 1. The molecule has 2 aromatic carbocycles. The Morgan fingerprint density at radius 1 is 1.11 bits per heavy atom. The highest BCUT2D eigenvalue weighted by Gasteiger charge is 2.27. The van der Waals surface area contributed by atoms with Gasteiger partial charge in [0.1, 0.15) is 11.9 Å². The van der Waals surface area contributed by atoms with E-state index in [2.05, 4.69) is 26.9 Å². The van der Waals surface area contributed by atoms with Crippen molar-refractivity contribution < 1.29 is 4.79 Å². The molecule has 0 fully saturated rings. The first-order chi connectivity index (χ1) is 17.1. The molecule has 0 spiro atoms. The first-order valence-corrected chi connectivity index (χ1v) is 12.6. The predicted octanol–water partition coefficient (Wildman–Crippen LogP) is 4.55. The molecule has 176 valence electrons. The van der Waals surface area contributed by atoms with Crippen molar-refractivity contribution in [1.29, 1.82) is 5.26 Å². The second-order valence-electron chi connectivity index (χ2n) is 8.57. The van der Waals surface area contributed by atoms with E-state index >= 15 is 0 Å². The molecule has 0 atom stereocenters. The molecule has 0 aliphatic heterocycles. The van der Waals surface area contributed by atoms with Crippen molar-refractivity contribution in [3.05, 3.63) is 76.5 Å². The number of thioether (sulfide) groups is 1. The first-order valence-electron chi connectivity index (χ1n) is 11.6. The van der Waals surface area contributed by atoms with E-state index in [1.165, 1.54) is 11.8 Å². The van der Waals surface area contributed by atoms with E-state index in [-0.39, 0.29) is 11.7 Å². The molecule has 0 bridgehead atoms. The minimum atomic E-state index is -0.214. The Kier molecular flexibility index (Phi) is 6.38. The fourth-order valence-corrected chi connectivity index (χ4v) is 5.26. The van der Waals surface area contributed by atoms with Crippen LogP contribution in [0.25, 0.3) is 11.4 Å². The van der Waals surface area contributed by atoms with Crippen LogP contribution in [0.4, 0.5) is 5.82 Å². The number of amides is 1. The van der Waals surface area contributed by atoms with Gasteiger partial charge in [0.15, 0.2) is 0 Å². The van der Waals surface area contributed by atoms with E-state index in [4.69, 9.17) is 0 Å². The zero-order chi connectivity index (χ0) is 24.4. The number of aromatic nitrogens is 5. The Morgan fingerprint density at radius 2 is 1.91 bits per heavy atom. The maximum Gasteiger partial charge on any atom is 0.236 e. The quantitative estimate of drug-likeness (QED) is 0.404. The van der Waals surface area contributed by atoms with Crippen molar-refractivity contribution in [2.24, 2.45) is 0 Å². The van der Waals surface area contributed by atoms with Crippen LogP contribution < -0.4 is 5.32 Å². The number of nitrogens with one attached hydrogen (secondary N) is 1. The average molecular weight is 484 g/mol. The highest BCUT2D eigenvalue weighted by molar-refractivity contribution is 7.99. The van der Waals surface area contributed by atoms with E-state index in [1.54, 1.807) is 4.68 Å². The van der Waals surface area contributed by atoms with Gasteiger partial charge in [0.2, 0.25) is 11.1 Å². The molecular formula is C26H25N7OS. The lowest BCUT2D eigenvalue weighted by molar-refractivity contribution is -0.113. The second kappa shape index (κ2) is 9.76. The molecule has 1 amide bonds. The van der Waals surface area contributed by atoms with E-state index < -0.39 is 0 Å². The van der Waals surface area contributed by atoms with Gasteiger partial charge in [-0.3, -0.25) is 9.36 Å². The van der Waals surface area contributed by atoms with Crippen molar-refractivity contribution in [2.45, 2.75) is 44.7 Å². The molecule has 0 radical (unpaired) electrons. The SMILES string of the molecule is Cc1cccc(-n2nnnc2SCC(=O)Nc2c(C#N)c3c(n2-c2ccccc2)CCCC3)c1C. The summed E-state index contributed by atoms with van der Waals surface area (Å²) in [6.45, 7) is 4.06. The van der Waals surface area contributed by atoms with Crippen LogP contribution in [0.15, 0.2) is 53.7 Å². The number of nitriles is 1. The summed E-state index contributed by atoms with van der Waals surface area (Å²) in [5.41, 5.74) is 6.76. The summed E-state index contributed by atoms with van der Waals surface area (Å²) >= 11 is 1.26. The Balaban J connectivity index is 1.41. The lowest BCUT2D eigenvalue weighted by atomic mass is 9.95. The van der Waals surface area contributed by atoms with Crippen LogP contribution in [0.3, 0.4) is 0 Å². The largest absolute Gasteiger partial charge is 0.310 e. The number of fused-ring (bicyclic) bond motifs is 1. The molecule has 35 heavy (non-hydrogen) atoms. The monoisotopic (exact) mass is 483 g/mol. The van der Waals surface area contributed by atoms with Crippen LogP contribution in [0.2, 0.25) is 0 Å². The molecule has 2 heterocycles. The molecular weight excluding hydrogens is 458 g/mol. The Morgan fingerprint density at radius 3 is 2.71 bits per heavy atom. The number of hydrogen-bond donors (Lipinski definition) is 1. The molecule has 4 aromatic rings. The Bertz CT molecular complexity index is 1430. The second-order valence-corrected chi connectivity index (χ2v) is 9.51. The molecule has 9 heteroatoms. The summed E-state index contributed by atoms with van der Waals surface area (Å²) < 4.78 is 3.70. The van der Waals surface area contributed by atoms with E-state index in [1.807, 2.05) is 66.9 Å². The van der Waals surface area contributed by atoms with Crippen molar-refractivity contribution in [3.63, 3.8) is 0 Å². The van der Waals surface area contributed by atoms with Crippen molar-refractivity contribution in [1.82, 2.24) is 24.8 Å². The van der Waals surface area contributed by atoms with Gasteiger partial charge in [0.05, 0.1) is 17.0 Å². The third-order valence-corrected chi connectivity index (χ3v) is 7.35. The zero-order valence-corrected chi connectivity index (χ0v) is 20.5. The summed E-state index contributed by atoms with van der Waals surface area (Å²) in [7, 11) is 0. The van der Waals surface area contributed by atoms with Gasteiger partial charge >= 0.3 is 0 Å². The molecule has 1 aliphatic carbocycles. The van der Waals surface area contributed by atoms with Crippen LogP contribution in [-0.2, 0) is 17.6 Å². The summed E-state index contributed by atoms with van der Waals surface area (Å²) in [5, 5.41) is 25.6. The van der Waals surface area contributed by atoms with Gasteiger partial charge in [0, 0.05) is 11.4 Å². The van der Waals surface area contributed by atoms with Crippen LogP contribution in [0, 0.1) is 25.2 Å². The van der Waals surface area contributed by atoms with Crippen molar-refractivity contribution in [2.75, 3.05) is 11.1 Å². The smallest absolute Gasteiger partial charge is 0.236 e. The zero-order valence-electron chi connectivity index (χ0n) is 19.7. The van der Waals surface area contributed by atoms with Gasteiger partial charge in [-0.05, 0) is 84.8 Å². The summed E-state index contributed by atoms with van der Waals surface area (Å²) in [4.78, 5) is 13.1. The minimum absolute atomic E-state index is 0.112. The minimum Gasteiger partial charge on any atom is -0.310 e. The third kappa shape index (κ3) is 4.33. The lowest BCUT2D eigenvalue weighted by Gasteiger charge is -2.17. The predicted molar refractivity (Wildman–Crippen MR) is 135 cm³/mol. The van der Waals surface area contributed by atoms with E-state index in [0.29, 0.717) is 16.5 Å². The Labute approximate surface area is 208 Å². The van der Waals surface area contributed by atoms with Gasteiger partial charge < -0.3 is 5.32 Å². The summed E-state index contributed by atoms with van der Waals surface area (Å²) in [6, 6.07) is 18.2. The molecule has 0 saturated heterocycles. The number of carbonyl (C=O) groups excluding carboxylic acids is 1. The van der Waals surface area contributed by atoms with Crippen LogP contribution >= 0.6 is 11.8 Å². The van der Waals surface area contributed by atoms with Crippen LogP contribution in [0.1, 0.15) is 40.8 Å². The van der Waals surface area contributed by atoms with Gasteiger partial charge in [-0.1, -0.05) is 42.1 Å². The van der Waals surface area contributed by atoms with Crippen molar-refractivity contribution >= 4 is 23.5 Å². The highest BCUT2D eigenvalue weighted by atomic mass is 32.2. The first kappa shape index (κ1) is 22.9. The van der Waals surface area contributed by atoms with Crippen molar-refractivity contribution in [3.8, 4) is 17.4 Å². The van der Waals surface area contributed by atoms with Crippen LogP contribution in [-0.4, -0.2) is 36.4 Å². The number of hydrogen-bond acceptors (Lipinski definition) is 6. The number of aryl methyl sites for hydroxylation is 1. The molecule has 8 nitrogen and oxygen atoms in total. The van der Waals surface area contributed by atoms with Gasteiger partial charge in [-0.25, -0.2) is 0 Å². The lowest BCUT2D eigenvalue weighted by Crippen LogP contribution is -2.18. The van der Waals surface area contributed by atoms with E-state index in [9.17, 15) is 10.1 Å². The van der Waals surface area contributed by atoms with E-state index in [0.717, 1.165) is 59.4 Å². The number of benzene rings is 2. The number of rotatable bonds is 6. The van der Waals surface area contributed by atoms with Gasteiger partial charge in [-0.2, -0.15) is 9.94 Å². The summed E-state index contributed by atoms with van der Waals surface area (Å²) in [6.07, 6.45) is 3.85. The molecule has 0 unspecified atom stereocenters. The average Bonchev–Trinajstić information content (AvgIpc) is 3.47. The highest BCUT2D eigenvalue weighted by Crippen LogP contribution is 2.35. The summed E-state index contributed by atoms with van der Waals surface area (Å²) in [5.74, 6) is 0.445.